The van der Waals surface area contributed by atoms with E-state index in [2.05, 4.69) is 10.4 Å². The van der Waals surface area contributed by atoms with Crippen LogP contribution in [0, 0.1) is 5.92 Å². The van der Waals surface area contributed by atoms with Crippen LogP contribution in [0.1, 0.15) is 31.2 Å². The number of benzene rings is 2. The molecule has 0 unspecified atom stereocenters. The fourth-order valence-electron chi connectivity index (χ4n) is 4.71. The minimum atomic E-state index is -3.64. The van der Waals surface area contributed by atoms with Crippen molar-refractivity contribution in [1.29, 1.82) is 0 Å². The molecule has 33 heavy (non-hydrogen) atoms. The number of amides is 1. The van der Waals surface area contributed by atoms with Crippen molar-refractivity contribution >= 4 is 38.5 Å². The van der Waals surface area contributed by atoms with Gasteiger partial charge in [-0.25, -0.2) is 8.42 Å². The lowest BCUT2D eigenvalue weighted by molar-refractivity contribution is -0.111. The minimum Gasteiger partial charge on any atom is -0.342 e. The number of aryl methyl sites for hydroxylation is 1. The highest BCUT2D eigenvalue weighted by atomic mass is 32.2. The highest BCUT2D eigenvalue weighted by Crippen LogP contribution is 2.44. The summed E-state index contributed by atoms with van der Waals surface area (Å²) in [6.07, 6.45) is 8.21. The molecule has 0 bridgehead atoms. The van der Waals surface area contributed by atoms with Gasteiger partial charge in [0.05, 0.1) is 21.2 Å². The lowest BCUT2D eigenvalue weighted by Gasteiger charge is -2.30. The van der Waals surface area contributed by atoms with Gasteiger partial charge in [0.15, 0.2) is 5.82 Å². The van der Waals surface area contributed by atoms with Crippen LogP contribution in [0.2, 0.25) is 0 Å². The normalized spacial score (nSPS) is 17.5. The van der Waals surface area contributed by atoms with Crippen molar-refractivity contribution in [2.24, 2.45) is 13.0 Å². The van der Waals surface area contributed by atoms with Gasteiger partial charge in [0.1, 0.15) is 0 Å². The molecule has 5 rings (SSSR count). The van der Waals surface area contributed by atoms with Gasteiger partial charge in [-0.1, -0.05) is 37.1 Å². The Kier molecular flexibility index (Phi) is 5.32. The van der Waals surface area contributed by atoms with Gasteiger partial charge in [-0.2, -0.15) is 5.10 Å². The number of fused-ring (bicyclic) bond motifs is 2. The zero-order chi connectivity index (χ0) is 23.2. The Morgan fingerprint density at radius 2 is 1.76 bits per heavy atom. The third-order valence-electron chi connectivity index (χ3n) is 6.44. The number of para-hydroxylation sites is 1. The molecule has 0 saturated heterocycles. The molecule has 1 amide bonds. The van der Waals surface area contributed by atoms with Crippen molar-refractivity contribution in [1.82, 2.24) is 9.78 Å². The molecule has 3 aromatic rings. The number of sulfone groups is 1. The molecule has 0 spiro atoms. The molecule has 1 aliphatic heterocycles. The molecule has 1 aliphatic carbocycles. The third kappa shape index (κ3) is 3.84. The fourth-order valence-corrected chi connectivity index (χ4v) is 6.41. The molecule has 2 heterocycles. The SMILES string of the molecule is CN1c2ccccc2S(=O)(=O)c2ccc(C(=CC3CCCC3)C(=O)Nc3ccn(C)n3)cc21. The highest BCUT2D eigenvalue weighted by molar-refractivity contribution is 7.92. The van der Waals surface area contributed by atoms with Gasteiger partial charge >= 0.3 is 0 Å². The van der Waals surface area contributed by atoms with Crippen molar-refractivity contribution in [3.63, 3.8) is 0 Å². The summed E-state index contributed by atoms with van der Waals surface area (Å²) in [6, 6.07) is 13.9. The molecule has 1 fully saturated rings. The number of hydrogen-bond acceptors (Lipinski definition) is 5. The summed E-state index contributed by atoms with van der Waals surface area (Å²) in [5.74, 6) is 0.557. The van der Waals surface area contributed by atoms with Crippen LogP contribution in [0.25, 0.3) is 5.57 Å². The van der Waals surface area contributed by atoms with E-state index in [1.54, 1.807) is 54.3 Å². The van der Waals surface area contributed by atoms with Gasteiger partial charge in [0.2, 0.25) is 9.84 Å². The highest BCUT2D eigenvalue weighted by Gasteiger charge is 2.33. The number of nitrogens with zero attached hydrogens (tertiary/aromatic N) is 3. The summed E-state index contributed by atoms with van der Waals surface area (Å²) in [7, 11) is 0.00621. The number of anilines is 3. The van der Waals surface area contributed by atoms with E-state index in [9.17, 15) is 13.2 Å². The van der Waals surface area contributed by atoms with E-state index in [1.165, 1.54) is 0 Å². The first-order valence-electron chi connectivity index (χ1n) is 11.1. The van der Waals surface area contributed by atoms with Crippen molar-refractivity contribution in [3.8, 4) is 0 Å². The number of nitrogens with one attached hydrogen (secondary N) is 1. The molecule has 0 atom stereocenters. The van der Waals surface area contributed by atoms with E-state index < -0.39 is 9.84 Å². The monoisotopic (exact) mass is 462 g/mol. The maximum absolute atomic E-state index is 13.3. The summed E-state index contributed by atoms with van der Waals surface area (Å²) in [4.78, 5) is 15.7. The van der Waals surface area contributed by atoms with Gasteiger partial charge in [-0.15, -0.1) is 0 Å². The van der Waals surface area contributed by atoms with Crippen molar-refractivity contribution in [2.75, 3.05) is 17.3 Å². The van der Waals surface area contributed by atoms with E-state index in [0.717, 1.165) is 25.7 Å². The number of carbonyl (C=O) groups excluding carboxylic acids is 1. The smallest absolute Gasteiger partial charge is 0.257 e. The Hall–Kier alpha value is -3.39. The molecular formula is C25H26N4O3S. The number of rotatable bonds is 4. The minimum absolute atomic E-state index is 0.248. The van der Waals surface area contributed by atoms with Crippen LogP contribution in [0.5, 0.6) is 0 Å². The molecule has 1 aromatic heterocycles. The van der Waals surface area contributed by atoms with Crippen molar-refractivity contribution in [2.45, 2.75) is 35.5 Å². The fraction of sp³-hybridized carbons (Fsp3) is 0.280. The van der Waals surface area contributed by atoms with E-state index in [-0.39, 0.29) is 10.8 Å². The van der Waals surface area contributed by atoms with Crippen LogP contribution < -0.4 is 10.2 Å². The second-order valence-corrected chi connectivity index (χ2v) is 10.6. The van der Waals surface area contributed by atoms with Crippen molar-refractivity contribution in [3.05, 3.63) is 66.4 Å². The second-order valence-electron chi connectivity index (χ2n) is 8.67. The summed E-state index contributed by atoms with van der Waals surface area (Å²) in [5, 5.41) is 7.14. The van der Waals surface area contributed by atoms with Crippen LogP contribution in [-0.4, -0.2) is 31.2 Å². The number of hydrogen-bond donors (Lipinski definition) is 1. The molecule has 2 aromatic carbocycles. The van der Waals surface area contributed by atoms with Gasteiger partial charge in [-0.3, -0.25) is 9.48 Å². The maximum Gasteiger partial charge on any atom is 0.257 e. The third-order valence-corrected chi connectivity index (χ3v) is 8.29. The first-order chi connectivity index (χ1) is 15.8. The predicted molar refractivity (Wildman–Crippen MR) is 128 cm³/mol. The Morgan fingerprint density at radius 1 is 1.03 bits per heavy atom. The Balaban J connectivity index is 1.58. The van der Waals surface area contributed by atoms with Crippen LogP contribution in [-0.2, 0) is 21.7 Å². The van der Waals surface area contributed by atoms with E-state index in [1.807, 2.05) is 30.2 Å². The maximum atomic E-state index is 13.3. The van der Waals surface area contributed by atoms with E-state index in [0.29, 0.717) is 39.1 Å². The lowest BCUT2D eigenvalue weighted by Crippen LogP contribution is -2.23. The molecule has 7 nitrogen and oxygen atoms in total. The summed E-state index contributed by atoms with van der Waals surface area (Å²) >= 11 is 0. The summed E-state index contributed by atoms with van der Waals surface area (Å²) in [5.41, 5.74) is 2.42. The van der Waals surface area contributed by atoms with E-state index >= 15 is 0 Å². The van der Waals surface area contributed by atoms with E-state index in [4.69, 9.17) is 0 Å². The molecule has 1 N–H and O–H groups in total. The number of carbonyl (C=O) groups is 1. The zero-order valence-corrected chi connectivity index (χ0v) is 19.5. The quantitative estimate of drug-likeness (QED) is 0.575. The van der Waals surface area contributed by atoms with Crippen LogP contribution in [0.4, 0.5) is 17.2 Å². The Bertz CT molecular complexity index is 1370. The Morgan fingerprint density at radius 3 is 2.48 bits per heavy atom. The molecule has 0 radical (unpaired) electrons. The average molecular weight is 463 g/mol. The molecular weight excluding hydrogens is 436 g/mol. The lowest BCUT2D eigenvalue weighted by atomic mass is 9.97. The van der Waals surface area contributed by atoms with Gasteiger partial charge in [0, 0.05) is 31.9 Å². The van der Waals surface area contributed by atoms with Crippen LogP contribution in [0.3, 0.4) is 0 Å². The van der Waals surface area contributed by atoms with Crippen LogP contribution >= 0.6 is 0 Å². The Labute approximate surface area is 193 Å². The van der Waals surface area contributed by atoms with Gasteiger partial charge < -0.3 is 10.2 Å². The number of aromatic nitrogens is 2. The predicted octanol–water partition coefficient (Wildman–Crippen LogP) is 4.55. The standard InChI is InChI=1S/C25H26N4O3S/c1-28-14-13-24(27-28)26-25(30)19(15-17-7-3-4-8-17)18-11-12-23-21(16-18)29(2)20-9-5-6-10-22(20)33(23,31)32/h5-6,9-17H,3-4,7-8H2,1-2H3,(H,26,27,30). The molecule has 170 valence electrons. The zero-order valence-electron chi connectivity index (χ0n) is 18.7. The number of allylic oxidation sites excluding steroid dienone is 1. The largest absolute Gasteiger partial charge is 0.342 e. The van der Waals surface area contributed by atoms with Gasteiger partial charge in [0.25, 0.3) is 5.91 Å². The first-order valence-corrected chi connectivity index (χ1v) is 12.6. The average Bonchev–Trinajstić information content (AvgIpc) is 3.47. The molecule has 2 aliphatic rings. The molecule has 1 saturated carbocycles. The summed E-state index contributed by atoms with van der Waals surface area (Å²) < 4.78 is 28.1. The van der Waals surface area contributed by atoms with Gasteiger partial charge in [-0.05, 0) is 48.6 Å². The topological polar surface area (TPSA) is 84.3 Å². The second kappa shape index (κ2) is 8.19. The molecule has 8 heteroatoms. The van der Waals surface area contributed by atoms with Crippen LogP contribution in [0.15, 0.2) is 70.6 Å². The summed E-state index contributed by atoms with van der Waals surface area (Å²) in [6.45, 7) is 0. The van der Waals surface area contributed by atoms with Crippen molar-refractivity contribution < 1.29 is 13.2 Å². The first kappa shape index (κ1) is 21.5.